The van der Waals surface area contributed by atoms with Crippen molar-refractivity contribution in [2.45, 2.75) is 38.6 Å². The van der Waals surface area contributed by atoms with E-state index >= 15 is 0 Å². The Labute approximate surface area is 175 Å². The molecule has 5 rings (SSSR count). The van der Waals surface area contributed by atoms with E-state index in [1.807, 2.05) is 48.5 Å². The van der Waals surface area contributed by atoms with Gasteiger partial charge in [-0.2, -0.15) is 0 Å². The van der Waals surface area contributed by atoms with Gasteiger partial charge in [-0.1, -0.05) is 55.0 Å². The molecule has 0 radical (unpaired) electrons. The molecule has 1 amide bonds. The van der Waals surface area contributed by atoms with Gasteiger partial charge in [0.1, 0.15) is 0 Å². The Morgan fingerprint density at radius 2 is 1.77 bits per heavy atom. The van der Waals surface area contributed by atoms with Crippen molar-refractivity contribution in [1.82, 2.24) is 9.89 Å². The number of hydrogen-bond acceptors (Lipinski definition) is 4. The van der Waals surface area contributed by atoms with Crippen LogP contribution in [0.3, 0.4) is 0 Å². The molecule has 6 nitrogen and oxygen atoms in total. The third kappa shape index (κ3) is 3.70. The van der Waals surface area contributed by atoms with Crippen molar-refractivity contribution in [3.8, 4) is 0 Å². The highest BCUT2D eigenvalue weighted by atomic mass is 16.2. The van der Waals surface area contributed by atoms with Gasteiger partial charge in [-0.25, -0.2) is 5.43 Å². The molecule has 2 fully saturated rings. The second-order valence-corrected chi connectivity index (χ2v) is 8.62. The fraction of sp³-hybridized carbons (Fsp3) is 0.375. The van der Waals surface area contributed by atoms with Gasteiger partial charge in [0.05, 0.1) is 5.39 Å². The van der Waals surface area contributed by atoms with E-state index < -0.39 is 0 Å². The van der Waals surface area contributed by atoms with Gasteiger partial charge < -0.3 is 5.32 Å². The van der Waals surface area contributed by atoms with Crippen LogP contribution in [-0.2, 0) is 11.3 Å². The number of nitrogens with zero attached hydrogens (tertiary/aromatic N) is 2. The van der Waals surface area contributed by atoms with Gasteiger partial charge in [0, 0.05) is 18.4 Å². The first-order valence-corrected chi connectivity index (χ1v) is 10.8. The first-order valence-electron chi connectivity index (χ1n) is 10.8. The molecule has 6 heteroatoms. The van der Waals surface area contributed by atoms with E-state index in [2.05, 4.69) is 15.8 Å². The highest BCUT2D eigenvalue weighted by Gasteiger charge is 2.40. The Bertz CT molecular complexity index is 1130. The van der Waals surface area contributed by atoms with Crippen LogP contribution in [0.5, 0.6) is 0 Å². The van der Waals surface area contributed by atoms with Gasteiger partial charge in [-0.3, -0.25) is 9.59 Å². The van der Waals surface area contributed by atoms with Crippen molar-refractivity contribution in [3.63, 3.8) is 0 Å². The predicted molar refractivity (Wildman–Crippen MR) is 118 cm³/mol. The summed E-state index contributed by atoms with van der Waals surface area (Å²) < 4.78 is 0. The minimum absolute atomic E-state index is 0.133. The number of anilines is 1. The van der Waals surface area contributed by atoms with Crippen molar-refractivity contribution in [3.05, 3.63) is 70.5 Å². The van der Waals surface area contributed by atoms with E-state index in [0.29, 0.717) is 36.0 Å². The molecule has 2 saturated carbocycles. The Hall–Kier alpha value is -3.15. The standard InChI is InChI=1S/C24H26N4O2/c29-22(14-19-13-17-10-11-18(19)12-17)26-28-24(30)21-9-5-4-8-20(21)23(27-28)25-15-16-6-2-1-3-7-16/h1-9,17-19H,10-15H2,(H,25,27)(H,26,29)/t17-,18+,19-/m1/s1. The van der Waals surface area contributed by atoms with Crippen molar-refractivity contribution in [1.29, 1.82) is 0 Å². The Morgan fingerprint density at radius 3 is 2.50 bits per heavy atom. The smallest absolute Gasteiger partial charge is 0.294 e. The minimum atomic E-state index is -0.308. The van der Waals surface area contributed by atoms with Gasteiger partial charge in [0.25, 0.3) is 5.56 Å². The fourth-order valence-corrected chi connectivity index (χ4v) is 5.21. The zero-order valence-corrected chi connectivity index (χ0v) is 16.9. The summed E-state index contributed by atoms with van der Waals surface area (Å²) in [5, 5.41) is 9.03. The molecule has 2 aliphatic carbocycles. The maximum absolute atomic E-state index is 12.9. The monoisotopic (exact) mass is 402 g/mol. The molecule has 3 atom stereocenters. The molecule has 2 N–H and O–H groups in total. The predicted octanol–water partition coefficient (Wildman–Crippen LogP) is 3.91. The lowest BCUT2D eigenvalue weighted by Crippen LogP contribution is -2.36. The number of benzene rings is 2. The zero-order valence-electron chi connectivity index (χ0n) is 16.9. The van der Waals surface area contributed by atoms with E-state index in [9.17, 15) is 9.59 Å². The van der Waals surface area contributed by atoms with Crippen molar-refractivity contribution in [2.75, 3.05) is 10.7 Å². The van der Waals surface area contributed by atoms with Crippen LogP contribution in [0.2, 0.25) is 0 Å². The maximum atomic E-state index is 12.9. The Morgan fingerprint density at radius 1 is 1.00 bits per heavy atom. The molecule has 0 aliphatic heterocycles. The molecule has 2 aliphatic rings. The third-order valence-corrected chi connectivity index (χ3v) is 6.67. The lowest BCUT2D eigenvalue weighted by atomic mass is 9.86. The summed E-state index contributed by atoms with van der Waals surface area (Å²) in [5.41, 5.74) is 3.55. The lowest BCUT2D eigenvalue weighted by Gasteiger charge is -2.21. The van der Waals surface area contributed by atoms with Gasteiger partial charge in [0.2, 0.25) is 5.91 Å². The number of nitrogens with one attached hydrogen (secondary N) is 2. The SMILES string of the molecule is O=C(C[C@H]1C[C@@H]2CC[C@H]1C2)Nn1nc(NCc2ccccc2)c2ccccc2c1=O. The molecule has 3 aromatic rings. The second-order valence-electron chi connectivity index (χ2n) is 8.62. The van der Waals surface area contributed by atoms with Gasteiger partial charge in [-0.05, 0) is 48.6 Å². The fourth-order valence-electron chi connectivity index (χ4n) is 5.21. The summed E-state index contributed by atoms with van der Waals surface area (Å²) in [7, 11) is 0. The summed E-state index contributed by atoms with van der Waals surface area (Å²) in [6, 6.07) is 17.4. The number of carbonyl (C=O) groups excluding carboxylic acids is 1. The van der Waals surface area contributed by atoms with Crippen LogP contribution in [0.15, 0.2) is 59.4 Å². The molecule has 0 unspecified atom stereocenters. The van der Waals surface area contributed by atoms with Crippen LogP contribution in [0.25, 0.3) is 10.8 Å². The topological polar surface area (TPSA) is 76.0 Å². The zero-order chi connectivity index (χ0) is 20.5. The summed E-state index contributed by atoms with van der Waals surface area (Å²) in [6.07, 6.45) is 5.42. The molecular weight excluding hydrogens is 376 g/mol. The van der Waals surface area contributed by atoms with Gasteiger partial charge in [-0.15, -0.1) is 9.89 Å². The van der Waals surface area contributed by atoms with Crippen LogP contribution in [0.4, 0.5) is 5.82 Å². The van der Waals surface area contributed by atoms with E-state index in [4.69, 9.17) is 0 Å². The van der Waals surface area contributed by atoms with E-state index in [-0.39, 0.29) is 11.5 Å². The number of carbonyl (C=O) groups is 1. The molecule has 2 aromatic carbocycles. The molecule has 154 valence electrons. The number of hydrogen-bond donors (Lipinski definition) is 2. The van der Waals surface area contributed by atoms with Crippen molar-refractivity contribution in [2.24, 2.45) is 17.8 Å². The molecule has 2 bridgehead atoms. The molecular formula is C24H26N4O2. The molecule has 0 saturated heterocycles. The number of amides is 1. The quantitative estimate of drug-likeness (QED) is 0.656. The van der Waals surface area contributed by atoms with E-state index in [0.717, 1.165) is 28.1 Å². The first kappa shape index (κ1) is 18.9. The van der Waals surface area contributed by atoms with Crippen LogP contribution in [0, 0.1) is 17.8 Å². The minimum Gasteiger partial charge on any atom is -0.364 e. The summed E-state index contributed by atoms with van der Waals surface area (Å²) in [4.78, 5) is 26.7. The van der Waals surface area contributed by atoms with Crippen molar-refractivity contribution < 1.29 is 4.79 Å². The second kappa shape index (κ2) is 7.94. The Balaban J connectivity index is 1.38. The van der Waals surface area contributed by atoms with E-state index in [1.165, 1.54) is 19.3 Å². The summed E-state index contributed by atoms with van der Waals surface area (Å²) in [6.45, 7) is 0.578. The number of fused-ring (bicyclic) bond motifs is 3. The highest BCUT2D eigenvalue weighted by molar-refractivity contribution is 5.91. The maximum Gasteiger partial charge on any atom is 0.294 e. The van der Waals surface area contributed by atoms with Crippen LogP contribution in [-0.4, -0.2) is 15.8 Å². The lowest BCUT2D eigenvalue weighted by molar-refractivity contribution is -0.118. The normalized spacial score (nSPS) is 22.3. The number of aromatic nitrogens is 2. The van der Waals surface area contributed by atoms with Crippen LogP contribution < -0.4 is 16.3 Å². The summed E-state index contributed by atoms with van der Waals surface area (Å²) in [5.74, 6) is 2.35. The average molecular weight is 402 g/mol. The van der Waals surface area contributed by atoms with E-state index in [1.54, 1.807) is 6.07 Å². The molecule has 30 heavy (non-hydrogen) atoms. The largest absolute Gasteiger partial charge is 0.364 e. The summed E-state index contributed by atoms with van der Waals surface area (Å²) >= 11 is 0. The Kier molecular flexibility index (Phi) is 4.99. The third-order valence-electron chi connectivity index (χ3n) is 6.67. The van der Waals surface area contributed by atoms with Crippen LogP contribution in [0.1, 0.15) is 37.7 Å². The van der Waals surface area contributed by atoms with Gasteiger partial charge >= 0.3 is 0 Å². The molecule has 1 aromatic heterocycles. The van der Waals surface area contributed by atoms with Crippen LogP contribution >= 0.6 is 0 Å². The highest BCUT2D eigenvalue weighted by Crippen LogP contribution is 2.49. The molecule has 1 heterocycles. The molecule has 0 spiro atoms. The van der Waals surface area contributed by atoms with Crippen molar-refractivity contribution >= 4 is 22.5 Å². The van der Waals surface area contributed by atoms with Gasteiger partial charge in [0.15, 0.2) is 5.82 Å². The first-order chi connectivity index (χ1) is 14.7. The number of rotatable bonds is 6. The average Bonchev–Trinajstić information content (AvgIpc) is 3.39.